The molecular formula is C28H24FN7O2. The molecule has 2 amide bonds. The summed E-state index contributed by atoms with van der Waals surface area (Å²) in [5, 5.41) is 12.9. The van der Waals surface area contributed by atoms with Crippen molar-refractivity contribution in [3.05, 3.63) is 103 Å². The number of carbonyl (C=O) groups excluding carboxylic acids is 2. The molecule has 1 unspecified atom stereocenters. The lowest BCUT2D eigenvalue weighted by Gasteiger charge is -2.27. The Hall–Kier alpha value is -4.86. The zero-order valence-corrected chi connectivity index (χ0v) is 20.7. The summed E-state index contributed by atoms with van der Waals surface area (Å²) in [5.74, 6) is -1.25. The number of fused-ring (bicyclic) bond motifs is 1. The lowest BCUT2D eigenvalue weighted by molar-refractivity contribution is -0.120. The summed E-state index contributed by atoms with van der Waals surface area (Å²) in [6.45, 7) is 1.82. The van der Waals surface area contributed by atoms with Crippen molar-refractivity contribution in [2.45, 2.75) is 19.0 Å². The SMILES string of the molecule is C[C@@H]1C(=O)N(c2ccc3c(cnn3-c3ccc(F)cc3)c2)[C@H](c2ccn(C)n2)C1NC(=O)c1cccnc1. The molecular weight excluding hydrogens is 485 g/mol. The molecule has 9 nitrogen and oxygen atoms in total. The van der Waals surface area contributed by atoms with Gasteiger partial charge in [-0.25, -0.2) is 9.07 Å². The largest absolute Gasteiger partial charge is 0.346 e. The highest BCUT2D eigenvalue weighted by molar-refractivity contribution is 6.02. The summed E-state index contributed by atoms with van der Waals surface area (Å²) in [6.07, 6.45) is 6.63. The van der Waals surface area contributed by atoms with Crippen LogP contribution in [0.15, 0.2) is 85.5 Å². The predicted octanol–water partition coefficient (Wildman–Crippen LogP) is 3.82. The van der Waals surface area contributed by atoms with Crippen LogP contribution in [0.25, 0.3) is 16.6 Å². The Morgan fingerprint density at radius 1 is 1.03 bits per heavy atom. The van der Waals surface area contributed by atoms with Gasteiger partial charge in [-0.15, -0.1) is 0 Å². The molecule has 0 aliphatic carbocycles. The summed E-state index contributed by atoms with van der Waals surface area (Å²) in [6, 6.07) is 15.9. The van der Waals surface area contributed by atoms with E-state index in [2.05, 4.69) is 20.5 Å². The molecule has 0 bridgehead atoms. The molecule has 3 aromatic heterocycles. The zero-order chi connectivity index (χ0) is 26.4. The number of halogens is 1. The van der Waals surface area contributed by atoms with Gasteiger partial charge in [0.1, 0.15) is 11.9 Å². The standard InChI is InChI=1S/C28H24FN7O2/c1-17-25(32-27(37)18-4-3-12-30-15-18)26(23-11-13-34(2)33-23)35(28(17)38)22-9-10-24-19(14-22)16-31-36(24)21-7-5-20(29)6-8-21/h3-17,25-26H,1-2H3,(H,32,37)/t17-,25?,26+/m0/s1. The summed E-state index contributed by atoms with van der Waals surface area (Å²) < 4.78 is 16.8. The fourth-order valence-corrected chi connectivity index (χ4v) is 5.03. The van der Waals surface area contributed by atoms with E-state index < -0.39 is 18.0 Å². The summed E-state index contributed by atoms with van der Waals surface area (Å²) >= 11 is 0. The van der Waals surface area contributed by atoms with Gasteiger partial charge in [0.2, 0.25) is 5.91 Å². The molecule has 1 aliphatic heterocycles. The number of nitrogens with one attached hydrogen (secondary N) is 1. The molecule has 0 radical (unpaired) electrons. The van der Waals surface area contributed by atoms with Gasteiger partial charge in [-0.05, 0) is 60.7 Å². The van der Waals surface area contributed by atoms with Gasteiger partial charge in [-0.2, -0.15) is 10.2 Å². The van der Waals surface area contributed by atoms with Crippen molar-refractivity contribution in [1.29, 1.82) is 0 Å². The van der Waals surface area contributed by atoms with E-state index in [4.69, 9.17) is 0 Å². The van der Waals surface area contributed by atoms with Gasteiger partial charge in [0.25, 0.3) is 5.91 Å². The Morgan fingerprint density at radius 2 is 1.82 bits per heavy atom. The lowest BCUT2D eigenvalue weighted by Crippen LogP contribution is -2.42. The van der Waals surface area contributed by atoms with Gasteiger partial charge < -0.3 is 10.2 Å². The van der Waals surface area contributed by atoms with Crippen molar-refractivity contribution < 1.29 is 14.0 Å². The topological polar surface area (TPSA) is 97.9 Å². The first-order valence-corrected chi connectivity index (χ1v) is 12.2. The smallest absolute Gasteiger partial charge is 0.253 e. The van der Waals surface area contributed by atoms with E-state index in [0.717, 1.165) is 16.6 Å². The zero-order valence-electron chi connectivity index (χ0n) is 20.7. The second-order valence-electron chi connectivity index (χ2n) is 9.37. The molecule has 0 saturated carbocycles. The molecule has 38 heavy (non-hydrogen) atoms. The van der Waals surface area contributed by atoms with Crippen LogP contribution < -0.4 is 10.2 Å². The molecule has 3 atom stereocenters. The molecule has 4 heterocycles. The monoisotopic (exact) mass is 509 g/mol. The first-order valence-electron chi connectivity index (χ1n) is 12.2. The van der Waals surface area contributed by atoms with Gasteiger partial charge in [0, 0.05) is 36.7 Å². The van der Waals surface area contributed by atoms with Crippen LogP contribution >= 0.6 is 0 Å². The molecule has 1 saturated heterocycles. The number of hydrogen-bond acceptors (Lipinski definition) is 5. The number of rotatable bonds is 5. The van der Waals surface area contributed by atoms with Crippen LogP contribution in [0.2, 0.25) is 0 Å². The van der Waals surface area contributed by atoms with Crippen LogP contribution in [0.1, 0.15) is 29.0 Å². The number of amides is 2. The molecule has 1 aliphatic rings. The van der Waals surface area contributed by atoms with Crippen LogP contribution in [-0.4, -0.2) is 42.4 Å². The second kappa shape index (κ2) is 9.22. The number of benzene rings is 2. The van der Waals surface area contributed by atoms with Gasteiger partial charge in [-0.3, -0.25) is 19.3 Å². The number of carbonyl (C=O) groups is 2. The average Bonchev–Trinajstić information content (AvgIpc) is 3.62. The van der Waals surface area contributed by atoms with Crippen LogP contribution in [0.5, 0.6) is 0 Å². The Morgan fingerprint density at radius 3 is 2.53 bits per heavy atom. The van der Waals surface area contributed by atoms with E-state index >= 15 is 0 Å². The van der Waals surface area contributed by atoms with Crippen LogP contribution in [0.4, 0.5) is 10.1 Å². The van der Waals surface area contributed by atoms with E-state index in [0.29, 0.717) is 16.9 Å². The van der Waals surface area contributed by atoms with E-state index in [9.17, 15) is 14.0 Å². The molecule has 6 rings (SSSR count). The highest BCUT2D eigenvalue weighted by Crippen LogP contribution is 2.40. The average molecular weight is 510 g/mol. The first kappa shape index (κ1) is 23.5. The van der Waals surface area contributed by atoms with E-state index in [1.807, 2.05) is 44.4 Å². The quantitative estimate of drug-likeness (QED) is 0.389. The number of hydrogen-bond donors (Lipinski definition) is 1. The molecule has 0 spiro atoms. The molecule has 5 aromatic rings. The van der Waals surface area contributed by atoms with E-state index in [1.54, 1.807) is 50.9 Å². The number of anilines is 1. The Bertz CT molecular complexity index is 1650. The van der Waals surface area contributed by atoms with Crippen molar-refractivity contribution in [3.63, 3.8) is 0 Å². The van der Waals surface area contributed by atoms with Gasteiger partial charge >= 0.3 is 0 Å². The van der Waals surface area contributed by atoms with Gasteiger partial charge in [-0.1, -0.05) is 6.92 Å². The maximum absolute atomic E-state index is 13.7. The summed E-state index contributed by atoms with van der Waals surface area (Å²) in [4.78, 5) is 32.5. The Kier molecular flexibility index (Phi) is 5.71. The van der Waals surface area contributed by atoms with Crippen molar-refractivity contribution in [2.24, 2.45) is 13.0 Å². The summed E-state index contributed by atoms with van der Waals surface area (Å²) in [7, 11) is 1.81. The fraction of sp³-hybridized carbons (Fsp3) is 0.179. The minimum absolute atomic E-state index is 0.123. The molecule has 2 aromatic carbocycles. The maximum Gasteiger partial charge on any atom is 0.253 e. The highest BCUT2D eigenvalue weighted by atomic mass is 19.1. The third kappa shape index (κ3) is 4.00. The normalized spacial score (nSPS) is 19.3. The van der Waals surface area contributed by atoms with Crippen LogP contribution in [-0.2, 0) is 11.8 Å². The minimum Gasteiger partial charge on any atom is -0.346 e. The van der Waals surface area contributed by atoms with Crippen molar-refractivity contribution in [3.8, 4) is 5.69 Å². The van der Waals surface area contributed by atoms with E-state index in [-0.39, 0.29) is 17.6 Å². The van der Waals surface area contributed by atoms with Crippen molar-refractivity contribution in [1.82, 2.24) is 29.9 Å². The minimum atomic E-state index is -0.525. The maximum atomic E-state index is 13.7. The van der Waals surface area contributed by atoms with Crippen LogP contribution in [0.3, 0.4) is 0 Å². The molecule has 10 heteroatoms. The van der Waals surface area contributed by atoms with E-state index in [1.165, 1.54) is 18.3 Å². The fourth-order valence-electron chi connectivity index (χ4n) is 5.03. The Balaban J connectivity index is 1.39. The second-order valence-corrected chi connectivity index (χ2v) is 9.37. The van der Waals surface area contributed by atoms with Gasteiger partial charge in [0.15, 0.2) is 0 Å². The Labute approximate surface area is 217 Å². The molecule has 190 valence electrons. The first-order chi connectivity index (χ1) is 18.4. The van der Waals surface area contributed by atoms with Crippen molar-refractivity contribution >= 4 is 28.4 Å². The van der Waals surface area contributed by atoms with Crippen molar-refractivity contribution in [2.75, 3.05) is 4.90 Å². The molecule has 1 fully saturated rings. The van der Waals surface area contributed by atoms with Crippen LogP contribution in [0, 0.1) is 11.7 Å². The molecule has 1 N–H and O–H groups in total. The number of aromatic nitrogens is 5. The lowest BCUT2D eigenvalue weighted by atomic mass is 9.97. The number of aryl methyl sites for hydroxylation is 1. The summed E-state index contributed by atoms with van der Waals surface area (Å²) in [5.41, 5.74) is 3.30. The highest BCUT2D eigenvalue weighted by Gasteiger charge is 2.49. The number of pyridine rings is 1. The van der Waals surface area contributed by atoms with Gasteiger partial charge in [0.05, 0.1) is 40.6 Å². The third-order valence-electron chi connectivity index (χ3n) is 6.94. The predicted molar refractivity (Wildman–Crippen MR) is 139 cm³/mol. The third-order valence-corrected chi connectivity index (χ3v) is 6.94. The number of nitrogens with zero attached hydrogens (tertiary/aromatic N) is 6.